The molecule has 0 amide bonds. The quantitative estimate of drug-likeness (QED) is 0.547. The molecule has 0 saturated heterocycles. The number of rotatable bonds is 7. The van der Waals surface area contributed by atoms with Crippen molar-refractivity contribution < 1.29 is 17.7 Å². The van der Waals surface area contributed by atoms with E-state index in [9.17, 15) is 17.7 Å². The Labute approximate surface area is 178 Å². The average Bonchev–Trinajstić information content (AvgIpc) is 2.75. The van der Waals surface area contributed by atoms with Crippen molar-refractivity contribution in [2.24, 2.45) is 3.77 Å². The Morgan fingerprint density at radius 1 is 0.833 bits per heavy atom. The zero-order valence-electron chi connectivity index (χ0n) is 16.5. The number of sulfonamides is 1. The van der Waals surface area contributed by atoms with Crippen LogP contribution < -0.4 is 0 Å². The fraction of sp³-hybridized carbons (Fsp3) is 0.130. The Hall–Kier alpha value is -2.74. The molecular formula is C23H23NO4S2. The summed E-state index contributed by atoms with van der Waals surface area (Å²) in [4.78, 5) is 0.148. The molecule has 3 unspecified atom stereocenters. The molecule has 156 valence electrons. The molecule has 0 saturated carbocycles. The fourth-order valence-electron chi connectivity index (χ4n) is 3.04. The molecule has 0 aliphatic carbocycles. The number of benzene rings is 3. The molecule has 0 radical (unpaired) electrons. The van der Waals surface area contributed by atoms with Gasteiger partial charge in [0.15, 0.2) is 0 Å². The van der Waals surface area contributed by atoms with Crippen LogP contribution in [0.2, 0.25) is 0 Å². The van der Waals surface area contributed by atoms with Crippen LogP contribution in [0.15, 0.2) is 111 Å². The van der Waals surface area contributed by atoms with E-state index >= 15 is 0 Å². The molecule has 0 aliphatic heterocycles. The van der Waals surface area contributed by atoms with Gasteiger partial charge in [-0.05, 0) is 36.8 Å². The number of aryl methyl sites for hydroxylation is 1. The summed E-state index contributed by atoms with van der Waals surface area (Å²) in [6, 6.07) is 22.9. The SMILES string of the molecule is C=CC(C(O)c1ccccc1)S(=O)(=NS(=O)(=O)c1ccc(C)cc1)c1ccccc1. The molecule has 3 aromatic carbocycles. The van der Waals surface area contributed by atoms with E-state index in [1.165, 1.54) is 18.2 Å². The largest absolute Gasteiger partial charge is 0.387 e. The highest BCUT2D eigenvalue weighted by Crippen LogP contribution is 2.31. The second-order valence-electron chi connectivity index (χ2n) is 6.80. The van der Waals surface area contributed by atoms with Gasteiger partial charge in [0.05, 0.1) is 16.2 Å². The Balaban J connectivity index is 2.24. The lowest BCUT2D eigenvalue weighted by Crippen LogP contribution is -2.27. The molecule has 0 spiro atoms. The maximum absolute atomic E-state index is 14.2. The number of hydrogen-bond acceptors (Lipinski definition) is 4. The topological polar surface area (TPSA) is 83.8 Å². The summed E-state index contributed by atoms with van der Waals surface area (Å²) in [5.74, 6) is 0. The minimum Gasteiger partial charge on any atom is -0.387 e. The third kappa shape index (κ3) is 4.53. The molecular weight excluding hydrogens is 418 g/mol. The van der Waals surface area contributed by atoms with Crippen LogP contribution >= 0.6 is 0 Å². The highest BCUT2D eigenvalue weighted by atomic mass is 32.3. The molecule has 3 atom stereocenters. The van der Waals surface area contributed by atoms with Gasteiger partial charge < -0.3 is 5.11 Å². The lowest BCUT2D eigenvalue weighted by atomic mass is 10.1. The van der Waals surface area contributed by atoms with Crippen molar-refractivity contribution in [1.29, 1.82) is 0 Å². The van der Waals surface area contributed by atoms with Crippen molar-refractivity contribution in [2.45, 2.75) is 28.1 Å². The minimum absolute atomic E-state index is 0.0613. The monoisotopic (exact) mass is 441 g/mol. The molecule has 3 aromatic rings. The first-order valence-electron chi connectivity index (χ1n) is 9.27. The molecule has 0 aromatic heterocycles. The van der Waals surface area contributed by atoms with Gasteiger partial charge in [0.1, 0.15) is 9.73 Å². The normalized spacial score (nSPS) is 15.5. The summed E-state index contributed by atoms with van der Waals surface area (Å²) >= 11 is 0. The van der Waals surface area contributed by atoms with Gasteiger partial charge in [0.25, 0.3) is 10.0 Å². The fourth-order valence-corrected chi connectivity index (χ4v) is 7.40. The summed E-state index contributed by atoms with van der Waals surface area (Å²) in [6.45, 7) is 5.56. The van der Waals surface area contributed by atoms with Crippen LogP contribution in [0.5, 0.6) is 0 Å². The van der Waals surface area contributed by atoms with Crippen molar-refractivity contribution in [3.05, 3.63) is 109 Å². The van der Waals surface area contributed by atoms with Gasteiger partial charge in [-0.1, -0.05) is 72.3 Å². The summed E-state index contributed by atoms with van der Waals surface area (Å²) in [5, 5.41) is 9.83. The smallest absolute Gasteiger partial charge is 0.290 e. The first-order valence-corrected chi connectivity index (χ1v) is 12.3. The molecule has 30 heavy (non-hydrogen) atoms. The molecule has 0 aliphatic rings. The Bertz CT molecular complexity index is 1230. The summed E-state index contributed by atoms with van der Waals surface area (Å²) in [7, 11) is -7.92. The highest BCUT2D eigenvalue weighted by Gasteiger charge is 2.33. The second-order valence-corrected chi connectivity index (χ2v) is 11.0. The number of aliphatic hydroxyl groups excluding tert-OH is 1. The first-order chi connectivity index (χ1) is 14.3. The molecule has 3 rings (SSSR count). The van der Waals surface area contributed by atoms with Crippen LogP contribution in [0.25, 0.3) is 0 Å². The maximum atomic E-state index is 14.2. The Morgan fingerprint density at radius 2 is 1.37 bits per heavy atom. The van der Waals surface area contributed by atoms with Crippen molar-refractivity contribution in [3.8, 4) is 0 Å². The maximum Gasteiger partial charge on any atom is 0.290 e. The lowest BCUT2D eigenvalue weighted by Gasteiger charge is -2.24. The number of nitrogens with zero attached hydrogens (tertiary/aromatic N) is 1. The van der Waals surface area contributed by atoms with E-state index in [1.807, 2.05) is 6.92 Å². The van der Waals surface area contributed by atoms with Gasteiger partial charge in [-0.3, -0.25) is 0 Å². The van der Waals surface area contributed by atoms with E-state index in [1.54, 1.807) is 72.8 Å². The van der Waals surface area contributed by atoms with Crippen LogP contribution in [0.4, 0.5) is 0 Å². The molecule has 0 heterocycles. The van der Waals surface area contributed by atoms with E-state index in [0.29, 0.717) is 5.56 Å². The average molecular weight is 442 g/mol. The molecule has 1 N–H and O–H groups in total. The molecule has 7 heteroatoms. The van der Waals surface area contributed by atoms with Crippen LogP contribution in [-0.2, 0) is 19.8 Å². The van der Waals surface area contributed by atoms with Crippen LogP contribution in [-0.4, -0.2) is 23.0 Å². The zero-order valence-corrected chi connectivity index (χ0v) is 18.1. The lowest BCUT2D eigenvalue weighted by molar-refractivity contribution is 0.185. The molecule has 5 nitrogen and oxygen atoms in total. The highest BCUT2D eigenvalue weighted by molar-refractivity contribution is 8.03. The number of hydrogen-bond donors (Lipinski definition) is 1. The summed E-state index contributed by atoms with van der Waals surface area (Å²) in [5.41, 5.74) is 1.38. The van der Waals surface area contributed by atoms with E-state index in [2.05, 4.69) is 10.3 Å². The van der Waals surface area contributed by atoms with Gasteiger partial charge in [0, 0.05) is 4.90 Å². The Morgan fingerprint density at radius 3 is 1.90 bits per heavy atom. The zero-order chi connectivity index (χ0) is 21.8. The minimum atomic E-state index is -4.26. The van der Waals surface area contributed by atoms with Gasteiger partial charge in [0.2, 0.25) is 0 Å². The van der Waals surface area contributed by atoms with Gasteiger partial charge >= 0.3 is 0 Å². The van der Waals surface area contributed by atoms with Gasteiger partial charge in [-0.2, -0.15) is 8.42 Å². The molecule has 0 bridgehead atoms. The summed E-state index contributed by atoms with van der Waals surface area (Å²) < 4.78 is 44.2. The predicted molar refractivity (Wildman–Crippen MR) is 119 cm³/mol. The molecule has 0 fully saturated rings. The van der Waals surface area contributed by atoms with Crippen LogP contribution in [0, 0.1) is 6.92 Å². The van der Waals surface area contributed by atoms with Crippen LogP contribution in [0.1, 0.15) is 17.2 Å². The third-order valence-corrected chi connectivity index (χ3v) is 9.34. The predicted octanol–water partition coefficient (Wildman–Crippen LogP) is 4.50. The van der Waals surface area contributed by atoms with Gasteiger partial charge in [-0.25, -0.2) is 4.21 Å². The first kappa shape index (κ1) is 22.0. The Kier molecular flexibility index (Phi) is 6.55. The van der Waals surface area contributed by atoms with Crippen molar-refractivity contribution in [2.75, 3.05) is 0 Å². The number of aliphatic hydroxyl groups is 1. The summed E-state index contributed by atoms with van der Waals surface area (Å²) in [6.07, 6.45) is 0.0506. The third-order valence-electron chi connectivity index (χ3n) is 4.66. The van der Waals surface area contributed by atoms with E-state index in [-0.39, 0.29) is 9.79 Å². The van der Waals surface area contributed by atoms with Crippen molar-refractivity contribution in [1.82, 2.24) is 0 Å². The van der Waals surface area contributed by atoms with Gasteiger partial charge in [-0.15, -0.1) is 10.3 Å². The van der Waals surface area contributed by atoms with Crippen LogP contribution in [0.3, 0.4) is 0 Å². The second kappa shape index (κ2) is 8.95. The standard InChI is InChI=1S/C23H23NO4S2/c1-3-22(23(25)19-10-6-4-7-11-19)29(26,20-12-8-5-9-13-20)24-30(27,28)21-16-14-18(2)15-17-21/h3-17,22-23,25H,1H2,2H3. The van der Waals surface area contributed by atoms with Crippen molar-refractivity contribution in [3.63, 3.8) is 0 Å². The van der Waals surface area contributed by atoms with E-state index < -0.39 is 31.1 Å². The van der Waals surface area contributed by atoms with Crippen molar-refractivity contribution >= 4 is 19.8 Å². The van der Waals surface area contributed by atoms with E-state index in [0.717, 1.165) is 5.56 Å². The van der Waals surface area contributed by atoms with E-state index in [4.69, 9.17) is 0 Å².